The van der Waals surface area contributed by atoms with E-state index in [2.05, 4.69) is 37.5 Å². The number of nitrogens with two attached hydrogens (primary N) is 1. The standard InChI is InChI=1S/C15H31N3O/c1-12(2)17-7-5-15(11-16,6-8-17)18-9-13(3)19-14(4)10-18/h12-14H,5-11,16H2,1-4H3/t13-,14+. The highest BCUT2D eigenvalue weighted by Gasteiger charge is 2.41. The molecule has 0 amide bonds. The third-order valence-corrected chi connectivity index (χ3v) is 4.93. The Kier molecular flexibility index (Phi) is 4.88. The van der Waals surface area contributed by atoms with Gasteiger partial charge in [-0.25, -0.2) is 0 Å². The van der Waals surface area contributed by atoms with Gasteiger partial charge < -0.3 is 15.4 Å². The maximum atomic E-state index is 6.18. The van der Waals surface area contributed by atoms with Crippen molar-refractivity contribution in [2.24, 2.45) is 5.73 Å². The van der Waals surface area contributed by atoms with Gasteiger partial charge in [0.15, 0.2) is 0 Å². The molecule has 112 valence electrons. The lowest BCUT2D eigenvalue weighted by Crippen LogP contribution is -2.64. The van der Waals surface area contributed by atoms with E-state index in [0.717, 1.165) is 19.6 Å². The summed E-state index contributed by atoms with van der Waals surface area (Å²) in [5.41, 5.74) is 6.39. The normalized spacial score (nSPS) is 33.8. The zero-order valence-corrected chi connectivity index (χ0v) is 13.1. The lowest BCUT2D eigenvalue weighted by atomic mass is 9.84. The Bertz CT molecular complexity index is 277. The molecule has 19 heavy (non-hydrogen) atoms. The molecule has 2 fully saturated rings. The SMILES string of the molecule is CC(C)N1CCC(CN)(N2C[C@@H](C)O[C@@H](C)C2)CC1. The van der Waals surface area contributed by atoms with Gasteiger partial charge in [-0.15, -0.1) is 0 Å². The van der Waals surface area contributed by atoms with Crippen LogP contribution in [0.3, 0.4) is 0 Å². The van der Waals surface area contributed by atoms with Crippen LogP contribution >= 0.6 is 0 Å². The largest absolute Gasteiger partial charge is 0.373 e. The molecule has 4 nitrogen and oxygen atoms in total. The minimum atomic E-state index is 0.206. The molecular formula is C15H31N3O. The van der Waals surface area contributed by atoms with E-state index in [1.165, 1.54) is 25.9 Å². The van der Waals surface area contributed by atoms with Crippen LogP contribution in [0.25, 0.3) is 0 Å². The second kappa shape index (κ2) is 6.08. The van der Waals surface area contributed by atoms with E-state index < -0.39 is 0 Å². The van der Waals surface area contributed by atoms with E-state index in [-0.39, 0.29) is 5.54 Å². The van der Waals surface area contributed by atoms with Gasteiger partial charge in [-0.05, 0) is 40.5 Å². The van der Waals surface area contributed by atoms with E-state index >= 15 is 0 Å². The molecule has 2 saturated heterocycles. The van der Waals surface area contributed by atoms with Crippen molar-refractivity contribution in [2.45, 2.75) is 64.3 Å². The lowest BCUT2D eigenvalue weighted by molar-refractivity contribution is -0.112. The van der Waals surface area contributed by atoms with Crippen LogP contribution in [0.1, 0.15) is 40.5 Å². The molecule has 2 aliphatic rings. The molecule has 2 N–H and O–H groups in total. The zero-order valence-electron chi connectivity index (χ0n) is 13.1. The second-order valence-corrected chi connectivity index (χ2v) is 6.72. The van der Waals surface area contributed by atoms with E-state index in [0.29, 0.717) is 18.2 Å². The minimum absolute atomic E-state index is 0.206. The first-order chi connectivity index (χ1) is 8.97. The van der Waals surface area contributed by atoms with Gasteiger partial charge in [0, 0.05) is 44.3 Å². The number of morpholine rings is 1. The summed E-state index contributed by atoms with van der Waals surface area (Å²) < 4.78 is 5.86. The molecule has 4 heteroatoms. The Balaban J connectivity index is 2.03. The summed E-state index contributed by atoms with van der Waals surface area (Å²) in [5.74, 6) is 0. The van der Waals surface area contributed by atoms with Gasteiger partial charge >= 0.3 is 0 Å². The number of hydrogen-bond acceptors (Lipinski definition) is 4. The van der Waals surface area contributed by atoms with Crippen LogP contribution in [0.15, 0.2) is 0 Å². The summed E-state index contributed by atoms with van der Waals surface area (Å²) in [7, 11) is 0. The van der Waals surface area contributed by atoms with Crippen LogP contribution in [0.2, 0.25) is 0 Å². The van der Waals surface area contributed by atoms with E-state index in [1.54, 1.807) is 0 Å². The predicted molar refractivity (Wildman–Crippen MR) is 79.3 cm³/mol. The van der Waals surface area contributed by atoms with E-state index in [4.69, 9.17) is 10.5 Å². The summed E-state index contributed by atoms with van der Waals surface area (Å²) >= 11 is 0. The average molecular weight is 269 g/mol. The molecule has 2 aliphatic heterocycles. The quantitative estimate of drug-likeness (QED) is 0.838. The molecule has 2 rings (SSSR count). The van der Waals surface area contributed by atoms with E-state index in [9.17, 15) is 0 Å². The molecule has 0 aromatic rings. The van der Waals surface area contributed by atoms with Gasteiger partial charge in [-0.2, -0.15) is 0 Å². The molecule has 2 heterocycles. The molecule has 0 aromatic heterocycles. The molecule has 2 atom stereocenters. The van der Waals surface area contributed by atoms with Gasteiger partial charge in [-0.1, -0.05) is 0 Å². The van der Waals surface area contributed by atoms with Crippen LogP contribution in [0, 0.1) is 0 Å². The molecule has 0 radical (unpaired) electrons. The van der Waals surface area contributed by atoms with Gasteiger partial charge in [0.1, 0.15) is 0 Å². The highest BCUT2D eigenvalue weighted by atomic mass is 16.5. The van der Waals surface area contributed by atoms with Crippen LogP contribution in [0.4, 0.5) is 0 Å². The van der Waals surface area contributed by atoms with Crippen molar-refractivity contribution in [1.29, 1.82) is 0 Å². The fourth-order valence-electron chi connectivity index (χ4n) is 3.67. The summed E-state index contributed by atoms with van der Waals surface area (Å²) in [6.07, 6.45) is 3.05. The molecular weight excluding hydrogens is 238 g/mol. The Morgan fingerprint density at radius 2 is 1.68 bits per heavy atom. The molecule has 0 spiro atoms. The Labute approximate surface area is 118 Å². The monoisotopic (exact) mass is 269 g/mol. The molecule has 0 saturated carbocycles. The predicted octanol–water partition coefficient (Wildman–Crippen LogP) is 1.30. The fourth-order valence-corrected chi connectivity index (χ4v) is 3.67. The van der Waals surface area contributed by atoms with Crippen LogP contribution in [-0.2, 0) is 4.74 Å². The fraction of sp³-hybridized carbons (Fsp3) is 1.00. The van der Waals surface area contributed by atoms with Crippen molar-refractivity contribution >= 4 is 0 Å². The van der Waals surface area contributed by atoms with Crippen LogP contribution in [-0.4, -0.2) is 66.3 Å². The smallest absolute Gasteiger partial charge is 0.0678 e. The van der Waals surface area contributed by atoms with Crippen molar-refractivity contribution in [3.05, 3.63) is 0 Å². The first-order valence-corrected chi connectivity index (χ1v) is 7.81. The number of likely N-dealkylation sites (tertiary alicyclic amines) is 1. The molecule has 0 bridgehead atoms. The van der Waals surface area contributed by atoms with Crippen molar-refractivity contribution in [1.82, 2.24) is 9.80 Å². The second-order valence-electron chi connectivity index (χ2n) is 6.72. The summed E-state index contributed by atoms with van der Waals surface area (Å²) in [4.78, 5) is 5.19. The zero-order chi connectivity index (χ0) is 14.0. The number of hydrogen-bond donors (Lipinski definition) is 1. The number of nitrogens with zero attached hydrogens (tertiary/aromatic N) is 2. The van der Waals surface area contributed by atoms with E-state index in [1.807, 2.05) is 0 Å². The van der Waals surface area contributed by atoms with Crippen molar-refractivity contribution in [3.63, 3.8) is 0 Å². The Morgan fingerprint density at radius 1 is 1.16 bits per heavy atom. The maximum Gasteiger partial charge on any atom is 0.0678 e. The lowest BCUT2D eigenvalue weighted by Gasteiger charge is -2.52. The number of ether oxygens (including phenoxy) is 1. The molecule has 0 aliphatic carbocycles. The van der Waals surface area contributed by atoms with Crippen molar-refractivity contribution < 1.29 is 4.74 Å². The number of rotatable bonds is 3. The summed E-state index contributed by atoms with van der Waals surface area (Å²) in [6.45, 7) is 14.1. The highest BCUT2D eigenvalue weighted by Crippen LogP contribution is 2.31. The Hall–Kier alpha value is -0.160. The van der Waals surface area contributed by atoms with Crippen LogP contribution in [0.5, 0.6) is 0 Å². The number of piperidine rings is 1. The third-order valence-electron chi connectivity index (χ3n) is 4.93. The van der Waals surface area contributed by atoms with Crippen LogP contribution < -0.4 is 5.73 Å². The third kappa shape index (κ3) is 3.30. The minimum Gasteiger partial charge on any atom is -0.373 e. The van der Waals surface area contributed by atoms with Crippen molar-refractivity contribution in [3.8, 4) is 0 Å². The van der Waals surface area contributed by atoms with Gasteiger partial charge in [0.05, 0.1) is 12.2 Å². The first-order valence-electron chi connectivity index (χ1n) is 7.81. The van der Waals surface area contributed by atoms with Gasteiger partial charge in [-0.3, -0.25) is 4.90 Å². The summed E-state index contributed by atoms with van der Waals surface area (Å²) in [6, 6.07) is 0.651. The first kappa shape index (κ1) is 15.2. The average Bonchev–Trinajstić information content (AvgIpc) is 2.37. The molecule has 0 aromatic carbocycles. The topological polar surface area (TPSA) is 41.7 Å². The highest BCUT2D eigenvalue weighted by molar-refractivity contribution is 4.98. The maximum absolute atomic E-state index is 6.18. The summed E-state index contributed by atoms with van der Waals surface area (Å²) in [5, 5.41) is 0. The van der Waals surface area contributed by atoms with Crippen molar-refractivity contribution in [2.75, 3.05) is 32.7 Å². The Morgan fingerprint density at radius 3 is 2.11 bits per heavy atom. The molecule has 0 unspecified atom stereocenters. The van der Waals surface area contributed by atoms with Gasteiger partial charge in [0.2, 0.25) is 0 Å². The van der Waals surface area contributed by atoms with Gasteiger partial charge in [0.25, 0.3) is 0 Å².